The first-order valence-electron chi connectivity index (χ1n) is 5.12. The highest BCUT2D eigenvalue weighted by atomic mass is 35.5. The van der Waals surface area contributed by atoms with E-state index in [0.717, 1.165) is 12.8 Å². The lowest BCUT2D eigenvalue weighted by atomic mass is 9.92. The van der Waals surface area contributed by atoms with Crippen LogP contribution in [0.2, 0.25) is 0 Å². The van der Waals surface area contributed by atoms with Crippen LogP contribution in [-0.2, 0) is 14.3 Å². The lowest BCUT2D eigenvalue weighted by Gasteiger charge is -2.36. The summed E-state index contributed by atoms with van der Waals surface area (Å²) in [5.74, 6) is -0.0503. The predicted octanol–water partition coefficient (Wildman–Crippen LogP) is 2.12. The topological polar surface area (TPSA) is 35.5 Å². The van der Waals surface area contributed by atoms with Gasteiger partial charge in [0.15, 0.2) is 5.78 Å². The highest BCUT2D eigenvalue weighted by molar-refractivity contribution is 6.34. The van der Waals surface area contributed by atoms with Gasteiger partial charge in [0.2, 0.25) is 5.06 Å². The molecule has 2 atom stereocenters. The van der Waals surface area contributed by atoms with Crippen LogP contribution in [0, 0.1) is 0 Å². The van der Waals surface area contributed by atoms with Crippen LogP contribution in [0.25, 0.3) is 0 Å². The maximum Gasteiger partial charge on any atom is 0.226 e. The van der Waals surface area contributed by atoms with Gasteiger partial charge in [0.25, 0.3) is 0 Å². The monoisotopic (exact) mass is 220 g/mol. The smallest absolute Gasteiger partial charge is 0.226 e. The summed E-state index contributed by atoms with van der Waals surface area (Å²) in [5, 5.41) is -1.23. The first kappa shape index (κ1) is 12.0. The van der Waals surface area contributed by atoms with Crippen molar-refractivity contribution >= 4 is 17.4 Å². The number of ether oxygens (including phenoxy) is 2. The number of carbonyl (C=O) groups excluding carboxylic acids is 1. The van der Waals surface area contributed by atoms with Crippen LogP contribution in [0.5, 0.6) is 0 Å². The third-order valence-corrected chi connectivity index (χ3v) is 2.95. The summed E-state index contributed by atoms with van der Waals surface area (Å²) in [6.07, 6.45) is 1.83. The maximum absolute atomic E-state index is 11.7. The zero-order chi connectivity index (χ0) is 10.6. The van der Waals surface area contributed by atoms with Crippen molar-refractivity contribution in [1.29, 1.82) is 0 Å². The minimum atomic E-state index is -1.23. The molecule has 0 heterocycles. The van der Waals surface area contributed by atoms with Crippen molar-refractivity contribution in [1.82, 2.24) is 0 Å². The molecule has 1 aliphatic carbocycles. The molecule has 0 radical (unpaired) electrons. The minimum Gasteiger partial charge on any atom is -0.374 e. The van der Waals surface area contributed by atoms with Gasteiger partial charge in [-0.15, -0.1) is 0 Å². The maximum atomic E-state index is 11.7. The van der Waals surface area contributed by atoms with Crippen molar-refractivity contribution in [3.05, 3.63) is 0 Å². The van der Waals surface area contributed by atoms with Gasteiger partial charge < -0.3 is 9.47 Å². The molecule has 1 saturated carbocycles. The molecule has 0 spiro atoms. The molecule has 1 aliphatic rings. The van der Waals surface area contributed by atoms with Gasteiger partial charge in [-0.25, -0.2) is 0 Å². The van der Waals surface area contributed by atoms with E-state index in [9.17, 15) is 4.79 Å². The summed E-state index contributed by atoms with van der Waals surface area (Å²) >= 11 is 6.17. The Kier molecular flexibility index (Phi) is 4.35. The van der Waals surface area contributed by atoms with E-state index >= 15 is 0 Å². The van der Waals surface area contributed by atoms with Gasteiger partial charge in [0.1, 0.15) is 6.10 Å². The van der Waals surface area contributed by atoms with Gasteiger partial charge in [-0.05, 0) is 26.7 Å². The molecular formula is C10H17ClO3. The molecule has 0 aliphatic heterocycles. The van der Waals surface area contributed by atoms with Crippen molar-refractivity contribution in [2.45, 2.75) is 44.3 Å². The Balaban J connectivity index is 2.74. The van der Waals surface area contributed by atoms with Crippen molar-refractivity contribution in [3.8, 4) is 0 Å². The summed E-state index contributed by atoms with van der Waals surface area (Å²) < 4.78 is 10.8. The fourth-order valence-electron chi connectivity index (χ4n) is 1.76. The summed E-state index contributed by atoms with van der Waals surface area (Å²) in [5.41, 5.74) is 0. The molecule has 14 heavy (non-hydrogen) atoms. The molecule has 0 saturated heterocycles. The lowest BCUT2D eigenvalue weighted by Crippen LogP contribution is -2.51. The van der Waals surface area contributed by atoms with Crippen molar-refractivity contribution in [2.75, 3.05) is 13.2 Å². The first-order chi connectivity index (χ1) is 6.65. The summed E-state index contributed by atoms with van der Waals surface area (Å²) in [6, 6.07) is 0. The molecule has 82 valence electrons. The van der Waals surface area contributed by atoms with E-state index in [-0.39, 0.29) is 11.9 Å². The normalized spacial score (nSPS) is 33.4. The van der Waals surface area contributed by atoms with E-state index in [1.165, 1.54) is 0 Å². The van der Waals surface area contributed by atoms with Crippen LogP contribution in [0.3, 0.4) is 0 Å². The first-order valence-corrected chi connectivity index (χ1v) is 5.50. The number of hydrogen-bond acceptors (Lipinski definition) is 3. The Bertz CT molecular complexity index is 206. The van der Waals surface area contributed by atoms with Crippen molar-refractivity contribution in [2.24, 2.45) is 0 Å². The van der Waals surface area contributed by atoms with Gasteiger partial charge in [-0.1, -0.05) is 11.6 Å². The Morgan fingerprint density at radius 3 is 2.79 bits per heavy atom. The van der Waals surface area contributed by atoms with Crippen LogP contribution in [0.1, 0.15) is 33.1 Å². The molecule has 0 aromatic rings. The number of ketones is 1. The van der Waals surface area contributed by atoms with Crippen LogP contribution in [-0.4, -0.2) is 30.2 Å². The molecule has 0 aromatic heterocycles. The van der Waals surface area contributed by atoms with Gasteiger partial charge >= 0.3 is 0 Å². The van der Waals surface area contributed by atoms with E-state index in [0.29, 0.717) is 19.6 Å². The molecular weight excluding hydrogens is 204 g/mol. The fourth-order valence-corrected chi connectivity index (χ4v) is 2.13. The van der Waals surface area contributed by atoms with E-state index in [1.54, 1.807) is 0 Å². The lowest BCUT2D eigenvalue weighted by molar-refractivity contribution is -0.156. The van der Waals surface area contributed by atoms with E-state index in [4.69, 9.17) is 21.1 Å². The highest BCUT2D eigenvalue weighted by Gasteiger charge is 2.47. The SMILES string of the molecule is CCOC1CCCC(=O)C1(Cl)OCC. The van der Waals surface area contributed by atoms with Gasteiger partial charge in [0.05, 0.1) is 0 Å². The molecule has 0 amide bonds. The van der Waals surface area contributed by atoms with Crippen LogP contribution in [0.15, 0.2) is 0 Å². The Hall–Kier alpha value is -0.120. The summed E-state index contributed by atoms with van der Waals surface area (Å²) in [7, 11) is 0. The Labute approximate surface area is 89.7 Å². The summed E-state index contributed by atoms with van der Waals surface area (Å²) in [4.78, 5) is 11.7. The number of alkyl halides is 1. The standard InChI is InChI=1S/C10H17ClO3/c1-3-13-9-7-5-6-8(12)10(9,11)14-4-2/h9H,3-7H2,1-2H3. The van der Waals surface area contributed by atoms with Crippen LogP contribution < -0.4 is 0 Å². The largest absolute Gasteiger partial charge is 0.374 e. The number of carbonyl (C=O) groups is 1. The number of rotatable bonds is 4. The fraction of sp³-hybridized carbons (Fsp3) is 0.900. The van der Waals surface area contributed by atoms with Crippen LogP contribution >= 0.6 is 11.6 Å². The molecule has 2 unspecified atom stereocenters. The van der Waals surface area contributed by atoms with Crippen molar-refractivity contribution < 1.29 is 14.3 Å². The second kappa shape index (κ2) is 5.10. The summed E-state index contributed by atoms with van der Waals surface area (Å²) in [6.45, 7) is 4.70. The molecule has 0 bridgehead atoms. The molecule has 3 nitrogen and oxygen atoms in total. The molecule has 1 fully saturated rings. The third-order valence-electron chi connectivity index (χ3n) is 2.39. The average Bonchev–Trinajstić information content (AvgIpc) is 2.14. The zero-order valence-corrected chi connectivity index (χ0v) is 9.47. The zero-order valence-electron chi connectivity index (χ0n) is 8.72. The molecule has 0 aromatic carbocycles. The Morgan fingerprint density at radius 2 is 2.21 bits per heavy atom. The third kappa shape index (κ3) is 2.27. The highest BCUT2D eigenvalue weighted by Crippen LogP contribution is 2.34. The second-order valence-electron chi connectivity index (χ2n) is 3.34. The van der Waals surface area contributed by atoms with E-state index in [1.807, 2.05) is 13.8 Å². The number of Topliss-reactive ketones (excluding diaryl/α,β-unsaturated/α-hetero) is 1. The second-order valence-corrected chi connectivity index (χ2v) is 3.90. The predicted molar refractivity (Wildman–Crippen MR) is 54.5 cm³/mol. The van der Waals surface area contributed by atoms with Gasteiger partial charge in [0, 0.05) is 19.6 Å². The van der Waals surface area contributed by atoms with E-state index in [2.05, 4.69) is 0 Å². The Morgan fingerprint density at radius 1 is 1.50 bits per heavy atom. The van der Waals surface area contributed by atoms with Gasteiger partial charge in [-0.2, -0.15) is 0 Å². The van der Waals surface area contributed by atoms with Crippen molar-refractivity contribution in [3.63, 3.8) is 0 Å². The minimum absolute atomic E-state index is 0.0503. The molecule has 0 N–H and O–H groups in total. The molecule has 4 heteroatoms. The van der Waals surface area contributed by atoms with Crippen LogP contribution in [0.4, 0.5) is 0 Å². The quantitative estimate of drug-likeness (QED) is 0.681. The average molecular weight is 221 g/mol. The van der Waals surface area contributed by atoms with Gasteiger partial charge in [-0.3, -0.25) is 4.79 Å². The molecule has 1 rings (SSSR count). The number of halogens is 1. The van der Waals surface area contributed by atoms with E-state index < -0.39 is 5.06 Å². The number of hydrogen-bond donors (Lipinski definition) is 0.